The molecule has 1 unspecified atom stereocenters. The van der Waals surface area contributed by atoms with Crippen LogP contribution in [0.25, 0.3) is 0 Å². The molecular weight excluding hydrogens is 238 g/mol. The predicted octanol–water partition coefficient (Wildman–Crippen LogP) is 2.92. The number of aromatic amines is 1. The van der Waals surface area contributed by atoms with E-state index in [1.807, 2.05) is 6.20 Å². The highest BCUT2D eigenvalue weighted by Crippen LogP contribution is 2.06. The van der Waals surface area contributed by atoms with E-state index < -0.39 is 0 Å². The van der Waals surface area contributed by atoms with Gasteiger partial charge in [0.25, 0.3) is 0 Å². The predicted molar refractivity (Wildman–Crippen MR) is 79.3 cm³/mol. The van der Waals surface area contributed by atoms with E-state index in [2.05, 4.69) is 29.1 Å². The van der Waals surface area contributed by atoms with Gasteiger partial charge in [0, 0.05) is 25.4 Å². The maximum Gasteiger partial charge on any atom is 0.106 e. The zero-order chi connectivity index (χ0) is 13.8. The van der Waals surface area contributed by atoms with Crippen LogP contribution in [-0.4, -0.2) is 35.8 Å². The number of hydrogen-bond acceptors (Lipinski definition) is 3. The van der Waals surface area contributed by atoms with Crippen LogP contribution in [0.1, 0.15) is 51.8 Å². The highest BCUT2D eigenvalue weighted by molar-refractivity contribution is 4.86. The molecule has 1 rings (SSSR count). The molecule has 19 heavy (non-hydrogen) atoms. The number of nitrogens with zero attached hydrogens (tertiary/aromatic N) is 1. The van der Waals surface area contributed by atoms with Crippen molar-refractivity contribution in [3.8, 4) is 0 Å². The third kappa shape index (κ3) is 8.01. The maximum absolute atomic E-state index is 5.84. The SMILES string of the molecule is CCCC(CC)OCCCNCCCc1ncc[nH]1. The monoisotopic (exact) mass is 267 g/mol. The van der Waals surface area contributed by atoms with Gasteiger partial charge in [-0.1, -0.05) is 20.3 Å². The summed E-state index contributed by atoms with van der Waals surface area (Å²) < 4.78 is 5.84. The molecule has 2 N–H and O–H groups in total. The number of aryl methyl sites for hydroxylation is 1. The second-order valence-electron chi connectivity index (χ2n) is 4.93. The average molecular weight is 267 g/mol. The molecule has 0 aliphatic rings. The Morgan fingerprint density at radius 3 is 2.84 bits per heavy atom. The maximum atomic E-state index is 5.84. The molecule has 0 aliphatic carbocycles. The van der Waals surface area contributed by atoms with E-state index in [4.69, 9.17) is 4.74 Å². The van der Waals surface area contributed by atoms with Crippen molar-refractivity contribution >= 4 is 0 Å². The summed E-state index contributed by atoms with van der Waals surface area (Å²) in [4.78, 5) is 7.33. The van der Waals surface area contributed by atoms with Crippen LogP contribution >= 0.6 is 0 Å². The number of rotatable bonds is 12. The third-order valence-electron chi connectivity index (χ3n) is 3.24. The lowest BCUT2D eigenvalue weighted by molar-refractivity contribution is 0.0431. The molecule has 4 heteroatoms. The lowest BCUT2D eigenvalue weighted by atomic mass is 10.1. The van der Waals surface area contributed by atoms with Gasteiger partial charge in [-0.15, -0.1) is 0 Å². The standard InChI is InChI=1S/C15H29N3O/c1-3-7-14(4-2)19-13-6-10-16-9-5-8-15-17-11-12-18-15/h11-12,14,16H,3-10,13H2,1-2H3,(H,17,18). The van der Waals surface area contributed by atoms with Crippen molar-refractivity contribution in [2.75, 3.05) is 19.7 Å². The van der Waals surface area contributed by atoms with Gasteiger partial charge in [0.2, 0.25) is 0 Å². The van der Waals surface area contributed by atoms with Crippen molar-refractivity contribution in [2.45, 2.75) is 58.5 Å². The van der Waals surface area contributed by atoms with Crippen molar-refractivity contribution in [3.63, 3.8) is 0 Å². The minimum absolute atomic E-state index is 0.462. The summed E-state index contributed by atoms with van der Waals surface area (Å²) in [7, 11) is 0. The van der Waals surface area contributed by atoms with Gasteiger partial charge < -0.3 is 15.0 Å². The molecule has 1 aromatic rings. The molecule has 0 spiro atoms. The fourth-order valence-electron chi connectivity index (χ4n) is 2.11. The molecule has 1 aromatic heterocycles. The topological polar surface area (TPSA) is 49.9 Å². The van der Waals surface area contributed by atoms with Crippen LogP contribution in [0.3, 0.4) is 0 Å². The quantitative estimate of drug-likeness (QED) is 0.572. The van der Waals surface area contributed by atoms with Crippen LogP contribution in [0.5, 0.6) is 0 Å². The van der Waals surface area contributed by atoms with Gasteiger partial charge in [-0.2, -0.15) is 0 Å². The summed E-state index contributed by atoms with van der Waals surface area (Å²) in [5.41, 5.74) is 0. The molecule has 0 saturated carbocycles. The smallest absolute Gasteiger partial charge is 0.106 e. The summed E-state index contributed by atoms with van der Waals surface area (Å²) in [5.74, 6) is 1.08. The Balaban J connectivity index is 1.85. The van der Waals surface area contributed by atoms with E-state index in [9.17, 15) is 0 Å². The largest absolute Gasteiger partial charge is 0.378 e. The van der Waals surface area contributed by atoms with E-state index in [1.165, 1.54) is 12.8 Å². The normalized spacial score (nSPS) is 12.7. The zero-order valence-electron chi connectivity index (χ0n) is 12.5. The van der Waals surface area contributed by atoms with E-state index in [0.29, 0.717) is 6.10 Å². The average Bonchev–Trinajstić information content (AvgIpc) is 2.93. The summed E-state index contributed by atoms with van der Waals surface area (Å²) in [6.45, 7) is 7.39. The number of ether oxygens (including phenoxy) is 1. The first-order valence-corrected chi connectivity index (χ1v) is 7.67. The molecule has 1 atom stereocenters. The Hall–Kier alpha value is -0.870. The molecule has 1 heterocycles. The first-order valence-electron chi connectivity index (χ1n) is 7.67. The third-order valence-corrected chi connectivity index (χ3v) is 3.24. The van der Waals surface area contributed by atoms with Gasteiger partial charge in [-0.05, 0) is 38.8 Å². The molecular formula is C15H29N3O. The number of imidazole rings is 1. The second kappa shape index (κ2) is 11.0. The van der Waals surface area contributed by atoms with Gasteiger partial charge in [0.1, 0.15) is 5.82 Å². The van der Waals surface area contributed by atoms with Crippen molar-refractivity contribution in [2.24, 2.45) is 0 Å². The lowest BCUT2D eigenvalue weighted by Crippen LogP contribution is -2.20. The summed E-state index contributed by atoms with van der Waals surface area (Å²) in [6.07, 6.45) is 10.9. The molecule has 110 valence electrons. The van der Waals surface area contributed by atoms with Crippen LogP contribution in [0.2, 0.25) is 0 Å². The van der Waals surface area contributed by atoms with Crippen LogP contribution in [-0.2, 0) is 11.2 Å². The Labute approximate surface area is 117 Å². The first-order chi connectivity index (χ1) is 9.36. The molecule has 4 nitrogen and oxygen atoms in total. The molecule has 0 bridgehead atoms. The van der Waals surface area contributed by atoms with E-state index in [1.54, 1.807) is 6.20 Å². The minimum atomic E-state index is 0.462. The first kappa shape index (κ1) is 16.2. The van der Waals surface area contributed by atoms with Gasteiger partial charge in [0.05, 0.1) is 6.10 Å². The van der Waals surface area contributed by atoms with Crippen molar-refractivity contribution in [1.82, 2.24) is 15.3 Å². The molecule has 0 aliphatic heterocycles. The van der Waals surface area contributed by atoms with Crippen molar-refractivity contribution < 1.29 is 4.74 Å². The number of nitrogens with one attached hydrogen (secondary N) is 2. The van der Waals surface area contributed by atoms with Gasteiger partial charge in [0.15, 0.2) is 0 Å². The fourth-order valence-corrected chi connectivity index (χ4v) is 2.11. The van der Waals surface area contributed by atoms with Crippen LogP contribution in [0, 0.1) is 0 Å². The van der Waals surface area contributed by atoms with Crippen molar-refractivity contribution in [1.29, 1.82) is 0 Å². The molecule has 0 radical (unpaired) electrons. The number of H-pyrrole nitrogens is 1. The van der Waals surface area contributed by atoms with E-state index in [-0.39, 0.29) is 0 Å². The molecule has 0 saturated heterocycles. The molecule has 0 amide bonds. The summed E-state index contributed by atoms with van der Waals surface area (Å²) in [5, 5.41) is 3.45. The number of hydrogen-bond donors (Lipinski definition) is 2. The van der Waals surface area contributed by atoms with E-state index in [0.717, 1.165) is 51.2 Å². The van der Waals surface area contributed by atoms with Gasteiger partial charge in [-0.25, -0.2) is 4.98 Å². The Morgan fingerprint density at radius 2 is 2.16 bits per heavy atom. The highest BCUT2D eigenvalue weighted by atomic mass is 16.5. The summed E-state index contributed by atoms with van der Waals surface area (Å²) in [6, 6.07) is 0. The second-order valence-corrected chi connectivity index (χ2v) is 4.93. The zero-order valence-corrected chi connectivity index (χ0v) is 12.5. The number of aromatic nitrogens is 2. The highest BCUT2D eigenvalue weighted by Gasteiger charge is 2.03. The van der Waals surface area contributed by atoms with Crippen LogP contribution in [0.4, 0.5) is 0 Å². The fraction of sp³-hybridized carbons (Fsp3) is 0.800. The summed E-state index contributed by atoms with van der Waals surface area (Å²) >= 11 is 0. The molecule has 0 aromatic carbocycles. The Morgan fingerprint density at radius 1 is 1.32 bits per heavy atom. The minimum Gasteiger partial charge on any atom is -0.378 e. The van der Waals surface area contributed by atoms with Crippen LogP contribution in [0.15, 0.2) is 12.4 Å². The Kier molecular flexibility index (Phi) is 9.37. The van der Waals surface area contributed by atoms with Gasteiger partial charge in [-0.3, -0.25) is 0 Å². The van der Waals surface area contributed by atoms with Gasteiger partial charge >= 0.3 is 0 Å². The van der Waals surface area contributed by atoms with Crippen LogP contribution < -0.4 is 5.32 Å². The Bertz CT molecular complexity index is 288. The van der Waals surface area contributed by atoms with Crippen molar-refractivity contribution in [3.05, 3.63) is 18.2 Å². The molecule has 0 fully saturated rings. The van der Waals surface area contributed by atoms with E-state index >= 15 is 0 Å². The lowest BCUT2D eigenvalue weighted by Gasteiger charge is -2.15.